The van der Waals surface area contributed by atoms with Crippen LogP contribution in [-0.2, 0) is 9.59 Å². The molecule has 2 atom stereocenters. The number of anilines is 1. The minimum absolute atomic E-state index is 0.118. The number of H-pyrrole nitrogens is 1. The molecule has 0 saturated heterocycles. The quantitative estimate of drug-likeness (QED) is 0.0276. The van der Waals surface area contributed by atoms with Crippen LogP contribution in [0.2, 0.25) is 0 Å². The zero-order valence-electron chi connectivity index (χ0n) is 25.5. The number of allylic oxidation sites excluding steroid dienone is 3. The molecule has 0 aliphatic rings. The highest BCUT2D eigenvalue weighted by Gasteiger charge is 2.18. The summed E-state index contributed by atoms with van der Waals surface area (Å²) in [6.07, 6.45) is 15.7. The molecule has 1 aromatic rings. The van der Waals surface area contributed by atoms with E-state index in [2.05, 4.69) is 47.5 Å². The van der Waals surface area contributed by atoms with Crippen molar-refractivity contribution in [2.24, 2.45) is 16.6 Å². The molecule has 42 heavy (non-hydrogen) atoms. The van der Waals surface area contributed by atoms with Gasteiger partial charge in [0.25, 0.3) is 0 Å². The van der Waals surface area contributed by atoms with Gasteiger partial charge in [-0.15, -0.1) is 6.58 Å². The number of aliphatic imine (C=N–C) groups is 1. The number of unbranched alkanes of at least 4 members (excludes halogenated alkanes) is 2. The molecule has 0 saturated carbocycles. The number of nitrogens with two attached hydrogens (primary N) is 1. The van der Waals surface area contributed by atoms with E-state index in [9.17, 15) is 24.9 Å². The molecule has 1 aromatic heterocycles. The van der Waals surface area contributed by atoms with Crippen molar-refractivity contribution >= 4 is 23.7 Å². The van der Waals surface area contributed by atoms with Gasteiger partial charge in [-0.2, -0.15) is 0 Å². The Labute approximate surface area is 250 Å². The number of nitrogens with zero attached hydrogens (tertiary/aromatic N) is 2. The van der Waals surface area contributed by atoms with Crippen LogP contribution in [0.15, 0.2) is 71.4 Å². The Balaban J connectivity index is 3.01. The van der Waals surface area contributed by atoms with E-state index in [1.807, 2.05) is 30.5 Å². The molecule has 0 radical (unpaired) electrons. The molecule has 10 heteroatoms. The molecule has 234 valence electrons. The monoisotopic (exact) mass is 585 g/mol. The van der Waals surface area contributed by atoms with Crippen molar-refractivity contribution in [1.82, 2.24) is 10.3 Å². The molecule has 10 nitrogen and oxygen atoms in total. The Morgan fingerprint density at radius 1 is 1.21 bits per heavy atom. The van der Waals surface area contributed by atoms with Gasteiger partial charge >= 0.3 is 11.9 Å². The highest BCUT2D eigenvalue weighted by molar-refractivity contribution is 5.88. The number of carbonyl (C=O) groups is 2. The fourth-order valence-corrected chi connectivity index (χ4v) is 4.35. The van der Waals surface area contributed by atoms with E-state index in [1.165, 1.54) is 6.08 Å². The molecule has 0 aromatic carbocycles. The van der Waals surface area contributed by atoms with Crippen LogP contribution in [0.5, 0.6) is 0 Å². The maximum atomic E-state index is 12.1. The van der Waals surface area contributed by atoms with E-state index < -0.39 is 24.1 Å². The third-order valence-electron chi connectivity index (χ3n) is 6.59. The number of aromatic nitrogens is 1. The second-order valence-electron chi connectivity index (χ2n) is 10.7. The number of guanidine groups is 1. The van der Waals surface area contributed by atoms with E-state index in [1.54, 1.807) is 12.2 Å². The first-order valence-corrected chi connectivity index (χ1v) is 14.9. The number of aliphatic hydroxyl groups excluding tert-OH is 1. The summed E-state index contributed by atoms with van der Waals surface area (Å²) in [4.78, 5) is 33.3. The fraction of sp³-hybridized carbons (Fsp3) is 0.531. The van der Waals surface area contributed by atoms with Crippen LogP contribution in [0.1, 0.15) is 72.1 Å². The fourth-order valence-electron chi connectivity index (χ4n) is 4.35. The summed E-state index contributed by atoms with van der Waals surface area (Å²) in [7, 11) is 0. The molecule has 0 aliphatic carbocycles. The van der Waals surface area contributed by atoms with Gasteiger partial charge in [-0.05, 0) is 74.3 Å². The van der Waals surface area contributed by atoms with E-state index in [4.69, 9.17) is 5.73 Å². The molecule has 0 aliphatic heterocycles. The van der Waals surface area contributed by atoms with Crippen molar-refractivity contribution < 1.29 is 24.9 Å². The number of aliphatic hydroxyl groups is 1. The topological polar surface area (TPSA) is 164 Å². The Bertz CT molecular complexity index is 1060. The Kier molecular flexibility index (Phi) is 18.1. The lowest BCUT2D eigenvalue weighted by Crippen LogP contribution is -2.43. The second kappa shape index (κ2) is 21.0. The number of hydrogen-bond acceptors (Lipinski definition) is 5. The van der Waals surface area contributed by atoms with Crippen molar-refractivity contribution in [3.63, 3.8) is 0 Å². The largest absolute Gasteiger partial charge is 0.479 e. The van der Waals surface area contributed by atoms with Crippen LogP contribution in [0.4, 0.5) is 5.82 Å². The summed E-state index contributed by atoms with van der Waals surface area (Å²) >= 11 is 0. The van der Waals surface area contributed by atoms with Crippen LogP contribution >= 0.6 is 0 Å². The molecule has 1 heterocycles. The SMILES string of the molecule is C=CCCCCC(O)C(=CCN=C(N)NC(C=C(C=CCN(CCC)c1ccc[nH]1)CCCC(C)C)C(=O)O)C(=O)O. The summed E-state index contributed by atoms with van der Waals surface area (Å²) in [5, 5.41) is 32.4. The lowest BCUT2D eigenvalue weighted by atomic mass is 10.0. The van der Waals surface area contributed by atoms with E-state index in [-0.39, 0.29) is 18.1 Å². The number of carboxylic acids is 2. The molecule has 0 amide bonds. The van der Waals surface area contributed by atoms with Gasteiger partial charge in [0.05, 0.1) is 18.2 Å². The predicted octanol–water partition coefficient (Wildman–Crippen LogP) is 5.02. The van der Waals surface area contributed by atoms with Crippen LogP contribution in [0.3, 0.4) is 0 Å². The first kappa shape index (κ1) is 36.2. The zero-order valence-corrected chi connectivity index (χ0v) is 25.5. The normalized spacial score (nSPS) is 14.3. The van der Waals surface area contributed by atoms with Gasteiger partial charge in [0.2, 0.25) is 0 Å². The first-order chi connectivity index (χ1) is 20.1. The zero-order chi connectivity index (χ0) is 31.3. The van der Waals surface area contributed by atoms with E-state index in [0.717, 1.165) is 50.0 Å². The lowest BCUT2D eigenvalue weighted by Gasteiger charge is -2.21. The van der Waals surface area contributed by atoms with Crippen LogP contribution in [0, 0.1) is 5.92 Å². The van der Waals surface area contributed by atoms with Crippen LogP contribution < -0.4 is 16.0 Å². The number of carboxylic acid groups (broad SMARTS) is 2. The summed E-state index contributed by atoms with van der Waals surface area (Å²) in [5.74, 6) is -0.911. The van der Waals surface area contributed by atoms with Gasteiger partial charge in [0.15, 0.2) is 5.96 Å². The summed E-state index contributed by atoms with van der Waals surface area (Å²) < 4.78 is 0. The molecule has 0 fully saturated rings. The van der Waals surface area contributed by atoms with Gasteiger partial charge in [0.1, 0.15) is 11.9 Å². The Morgan fingerprint density at radius 2 is 1.98 bits per heavy atom. The predicted molar refractivity (Wildman–Crippen MR) is 171 cm³/mol. The van der Waals surface area contributed by atoms with Gasteiger partial charge in [-0.3, -0.25) is 0 Å². The standard InChI is InChI=1S/C32H51N5O5/c1-5-7-8-9-16-28(38)26(30(39)40)18-20-35-32(33)36-27(31(41)42)23-25(14-10-13-24(3)4)15-12-22-37(21-6-2)29-17-11-19-34-29/h5,11-12,15,17-19,23-24,27-28,34,38H,1,6-10,13-14,16,20-22H2,2-4H3,(H,39,40)(H,41,42)(H3,33,35,36). The number of hydrogen-bond donors (Lipinski definition) is 6. The van der Waals surface area contributed by atoms with Gasteiger partial charge in [0, 0.05) is 19.3 Å². The van der Waals surface area contributed by atoms with Crippen LogP contribution in [-0.4, -0.2) is 70.0 Å². The summed E-state index contributed by atoms with van der Waals surface area (Å²) in [5.41, 5.74) is 6.69. The average Bonchev–Trinajstić information content (AvgIpc) is 3.47. The van der Waals surface area contributed by atoms with Gasteiger partial charge < -0.3 is 36.3 Å². The van der Waals surface area contributed by atoms with Crippen LogP contribution in [0.25, 0.3) is 0 Å². The summed E-state index contributed by atoms with van der Waals surface area (Å²) in [6, 6.07) is 2.86. The lowest BCUT2D eigenvalue weighted by molar-refractivity contribution is -0.138. The molecule has 0 spiro atoms. The third kappa shape index (κ3) is 15.3. The minimum Gasteiger partial charge on any atom is -0.479 e. The molecular formula is C32H51N5O5. The average molecular weight is 586 g/mol. The number of nitrogens with one attached hydrogen (secondary N) is 2. The molecule has 1 rings (SSSR count). The maximum Gasteiger partial charge on any atom is 0.333 e. The van der Waals surface area contributed by atoms with Crippen molar-refractivity contribution in [2.75, 3.05) is 24.5 Å². The van der Waals surface area contributed by atoms with Gasteiger partial charge in [-0.25, -0.2) is 14.6 Å². The smallest absolute Gasteiger partial charge is 0.333 e. The van der Waals surface area contributed by atoms with E-state index in [0.29, 0.717) is 31.7 Å². The first-order valence-electron chi connectivity index (χ1n) is 14.9. The van der Waals surface area contributed by atoms with Crippen molar-refractivity contribution in [1.29, 1.82) is 0 Å². The van der Waals surface area contributed by atoms with Crippen molar-refractivity contribution in [3.8, 4) is 0 Å². The maximum absolute atomic E-state index is 12.1. The Hall–Kier alpha value is -3.79. The number of rotatable bonds is 22. The third-order valence-corrected chi connectivity index (χ3v) is 6.59. The molecule has 2 unspecified atom stereocenters. The van der Waals surface area contributed by atoms with Crippen molar-refractivity contribution in [2.45, 2.75) is 84.3 Å². The highest BCUT2D eigenvalue weighted by Crippen LogP contribution is 2.16. The number of aromatic amines is 1. The molecular weight excluding hydrogens is 534 g/mol. The molecule has 7 N–H and O–H groups in total. The highest BCUT2D eigenvalue weighted by atomic mass is 16.4. The second-order valence-corrected chi connectivity index (χ2v) is 10.7. The molecule has 0 bridgehead atoms. The minimum atomic E-state index is -1.23. The Morgan fingerprint density at radius 3 is 2.57 bits per heavy atom. The number of aliphatic carboxylic acids is 2. The summed E-state index contributed by atoms with van der Waals surface area (Å²) in [6.45, 7) is 11.5. The van der Waals surface area contributed by atoms with Gasteiger partial charge in [-0.1, -0.05) is 51.8 Å². The van der Waals surface area contributed by atoms with Crippen molar-refractivity contribution in [3.05, 3.63) is 66.4 Å². The van der Waals surface area contributed by atoms with E-state index >= 15 is 0 Å².